The predicted molar refractivity (Wildman–Crippen MR) is 60.6 cm³/mol. The van der Waals surface area contributed by atoms with Gasteiger partial charge in [-0.25, -0.2) is 0 Å². The third-order valence-electron chi connectivity index (χ3n) is 1.83. The zero-order valence-corrected chi connectivity index (χ0v) is 9.69. The van der Waals surface area contributed by atoms with Gasteiger partial charge in [-0.1, -0.05) is 13.0 Å². The van der Waals surface area contributed by atoms with E-state index in [9.17, 15) is 0 Å². The van der Waals surface area contributed by atoms with Crippen molar-refractivity contribution in [2.24, 2.45) is 0 Å². The van der Waals surface area contributed by atoms with Crippen LogP contribution in [0.1, 0.15) is 13.3 Å². The third-order valence-corrected chi connectivity index (χ3v) is 2.59. The molecular weight excluding hydrogens is 196 g/mol. The summed E-state index contributed by atoms with van der Waals surface area (Å²) in [5, 5.41) is 0. The van der Waals surface area contributed by atoms with E-state index >= 15 is 0 Å². The number of ether oxygens (including phenoxy) is 2. The molecule has 1 aromatic carbocycles. The Hall–Kier alpha value is -0.830. The van der Waals surface area contributed by atoms with Gasteiger partial charge in [0, 0.05) is 0 Å². The minimum atomic E-state index is 0.730. The molecule has 1 rings (SSSR count). The van der Waals surface area contributed by atoms with E-state index in [0.29, 0.717) is 0 Å². The van der Waals surface area contributed by atoms with Crippen LogP contribution in [0.25, 0.3) is 0 Å². The second-order valence-corrected chi connectivity index (χ2v) is 3.69. The molecule has 14 heavy (non-hydrogen) atoms. The van der Waals surface area contributed by atoms with Gasteiger partial charge >= 0.3 is 0 Å². The number of hydrogen-bond acceptors (Lipinski definition) is 3. The topological polar surface area (TPSA) is 18.5 Å². The van der Waals surface area contributed by atoms with E-state index in [1.807, 2.05) is 24.5 Å². The van der Waals surface area contributed by atoms with Crippen LogP contribution in [0.15, 0.2) is 23.1 Å². The van der Waals surface area contributed by atoms with E-state index in [2.05, 4.69) is 6.92 Å². The third kappa shape index (κ3) is 2.58. The number of para-hydroxylation sites is 1. The first kappa shape index (κ1) is 11.2. The molecule has 3 heteroatoms. The Balaban J connectivity index is 2.93. The fourth-order valence-corrected chi connectivity index (χ4v) is 1.72. The van der Waals surface area contributed by atoms with E-state index in [0.717, 1.165) is 29.4 Å². The second kappa shape index (κ2) is 5.81. The van der Waals surface area contributed by atoms with Gasteiger partial charge in [0.2, 0.25) is 0 Å². The first-order valence-corrected chi connectivity index (χ1v) is 5.89. The molecule has 0 bridgehead atoms. The highest BCUT2D eigenvalue weighted by Crippen LogP contribution is 2.36. The molecule has 0 saturated carbocycles. The molecule has 0 fully saturated rings. The van der Waals surface area contributed by atoms with Crippen molar-refractivity contribution in [1.82, 2.24) is 0 Å². The van der Waals surface area contributed by atoms with Crippen molar-refractivity contribution in [3.63, 3.8) is 0 Å². The molecule has 0 radical (unpaired) electrons. The van der Waals surface area contributed by atoms with Crippen molar-refractivity contribution >= 4 is 11.8 Å². The quantitative estimate of drug-likeness (QED) is 0.698. The predicted octanol–water partition coefficient (Wildman–Crippen LogP) is 3.21. The summed E-state index contributed by atoms with van der Waals surface area (Å²) < 4.78 is 10.9. The van der Waals surface area contributed by atoms with E-state index in [-0.39, 0.29) is 0 Å². The number of thioether (sulfide) groups is 1. The lowest BCUT2D eigenvalue weighted by Crippen LogP contribution is -1.98. The summed E-state index contributed by atoms with van der Waals surface area (Å²) in [7, 11) is 1.66. The van der Waals surface area contributed by atoms with Gasteiger partial charge in [-0.2, -0.15) is 0 Å². The second-order valence-electron chi connectivity index (χ2n) is 2.84. The van der Waals surface area contributed by atoms with Crippen LogP contribution in [-0.2, 0) is 0 Å². The van der Waals surface area contributed by atoms with E-state index < -0.39 is 0 Å². The number of rotatable bonds is 5. The summed E-state index contributed by atoms with van der Waals surface area (Å²) in [5.74, 6) is 1.68. The van der Waals surface area contributed by atoms with E-state index in [4.69, 9.17) is 9.47 Å². The molecule has 0 aromatic heterocycles. The standard InChI is InChI=1S/C11H16O2S/c1-4-8-13-11-9(12-2)6-5-7-10(11)14-3/h5-7H,4,8H2,1-3H3. The lowest BCUT2D eigenvalue weighted by molar-refractivity contribution is 0.287. The lowest BCUT2D eigenvalue weighted by Gasteiger charge is -2.12. The van der Waals surface area contributed by atoms with Crippen LogP contribution in [-0.4, -0.2) is 20.0 Å². The number of hydrogen-bond donors (Lipinski definition) is 0. The van der Waals surface area contributed by atoms with Crippen LogP contribution < -0.4 is 9.47 Å². The maximum atomic E-state index is 5.65. The first-order chi connectivity index (χ1) is 6.83. The molecule has 0 unspecified atom stereocenters. The van der Waals surface area contributed by atoms with Crippen molar-refractivity contribution in [2.75, 3.05) is 20.0 Å². The zero-order chi connectivity index (χ0) is 10.4. The summed E-state index contributed by atoms with van der Waals surface area (Å²) in [5.41, 5.74) is 0. The molecule has 78 valence electrons. The Morgan fingerprint density at radius 2 is 2.14 bits per heavy atom. The van der Waals surface area contributed by atoms with Gasteiger partial charge < -0.3 is 9.47 Å². The van der Waals surface area contributed by atoms with Crippen molar-refractivity contribution in [3.05, 3.63) is 18.2 Å². The van der Waals surface area contributed by atoms with Gasteiger partial charge in [-0.15, -0.1) is 11.8 Å². The molecule has 0 spiro atoms. The normalized spacial score (nSPS) is 9.93. The fourth-order valence-electron chi connectivity index (χ4n) is 1.16. The van der Waals surface area contributed by atoms with E-state index in [1.54, 1.807) is 18.9 Å². The SMILES string of the molecule is CCCOc1c(OC)cccc1SC. The zero-order valence-electron chi connectivity index (χ0n) is 8.87. The lowest BCUT2D eigenvalue weighted by atomic mass is 10.3. The molecule has 0 heterocycles. The van der Waals surface area contributed by atoms with Crippen LogP contribution in [0.2, 0.25) is 0 Å². The summed E-state index contributed by atoms with van der Waals surface area (Å²) >= 11 is 1.67. The van der Waals surface area contributed by atoms with Crippen LogP contribution in [0.5, 0.6) is 11.5 Å². The Labute approximate surface area is 89.6 Å². The van der Waals surface area contributed by atoms with Crippen molar-refractivity contribution in [3.8, 4) is 11.5 Å². The largest absolute Gasteiger partial charge is 0.493 e. The molecule has 0 aliphatic heterocycles. The minimum absolute atomic E-state index is 0.730. The highest BCUT2D eigenvalue weighted by Gasteiger charge is 2.08. The molecule has 0 saturated heterocycles. The van der Waals surface area contributed by atoms with E-state index in [1.165, 1.54) is 0 Å². The summed E-state index contributed by atoms with van der Waals surface area (Å²) in [6.45, 7) is 2.82. The van der Waals surface area contributed by atoms with Crippen LogP contribution >= 0.6 is 11.8 Å². The van der Waals surface area contributed by atoms with Gasteiger partial charge in [0.25, 0.3) is 0 Å². The molecular formula is C11H16O2S. The molecule has 0 atom stereocenters. The molecule has 0 aliphatic rings. The Morgan fingerprint density at radius 3 is 2.71 bits per heavy atom. The van der Waals surface area contributed by atoms with Crippen LogP contribution in [0.3, 0.4) is 0 Å². The average molecular weight is 212 g/mol. The smallest absolute Gasteiger partial charge is 0.174 e. The van der Waals surface area contributed by atoms with Gasteiger partial charge in [0.15, 0.2) is 11.5 Å². The van der Waals surface area contributed by atoms with Gasteiger partial charge in [0.1, 0.15) is 0 Å². The van der Waals surface area contributed by atoms with Crippen LogP contribution in [0, 0.1) is 0 Å². The maximum absolute atomic E-state index is 5.65. The highest BCUT2D eigenvalue weighted by atomic mass is 32.2. The molecule has 1 aromatic rings. The summed E-state index contributed by atoms with van der Waals surface area (Å²) in [4.78, 5) is 1.12. The molecule has 2 nitrogen and oxygen atoms in total. The van der Waals surface area contributed by atoms with Crippen molar-refractivity contribution in [2.45, 2.75) is 18.2 Å². The van der Waals surface area contributed by atoms with Gasteiger partial charge in [0.05, 0.1) is 18.6 Å². The van der Waals surface area contributed by atoms with Crippen LogP contribution in [0.4, 0.5) is 0 Å². The summed E-state index contributed by atoms with van der Waals surface area (Å²) in [6.07, 6.45) is 3.04. The molecule has 0 amide bonds. The highest BCUT2D eigenvalue weighted by molar-refractivity contribution is 7.98. The average Bonchev–Trinajstić information content (AvgIpc) is 2.25. The van der Waals surface area contributed by atoms with Crippen molar-refractivity contribution in [1.29, 1.82) is 0 Å². The van der Waals surface area contributed by atoms with Gasteiger partial charge in [-0.05, 0) is 24.8 Å². The Morgan fingerprint density at radius 1 is 1.36 bits per heavy atom. The summed E-state index contributed by atoms with van der Waals surface area (Å²) in [6, 6.07) is 5.94. The monoisotopic (exact) mass is 212 g/mol. The number of methoxy groups -OCH3 is 1. The van der Waals surface area contributed by atoms with Crippen molar-refractivity contribution < 1.29 is 9.47 Å². The number of benzene rings is 1. The first-order valence-electron chi connectivity index (χ1n) is 4.67. The molecule has 0 aliphatic carbocycles. The maximum Gasteiger partial charge on any atom is 0.174 e. The molecule has 0 N–H and O–H groups in total. The Kier molecular flexibility index (Phi) is 4.66. The van der Waals surface area contributed by atoms with Gasteiger partial charge in [-0.3, -0.25) is 0 Å². The minimum Gasteiger partial charge on any atom is -0.493 e. The fraction of sp³-hybridized carbons (Fsp3) is 0.455. The Bertz CT molecular complexity index is 264.